The highest BCUT2D eigenvalue weighted by Gasteiger charge is 2.39. The van der Waals surface area contributed by atoms with Gasteiger partial charge in [0.2, 0.25) is 0 Å². The van der Waals surface area contributed by atoms with E-state index in [4.69, 9.17) is 20.6 Å². The first kappa shape index (κ1) is 25.1. The Kier molecular flexibility index (Phi) is 7.48. The molecule has 2 aliphatic heterocycles. The Balaban J connectivity index is 1.45. The lowest BCUT2D eigenvalue weighted by molar-refractivity contribution is -0.150. The molecular weight excluding hydrogens is 470 g/mol. The van der Waals surface area contributed by atoms with Gasteiger partial charge in [-0.25, -0.2) is 0 Å². The number of rotatable bonds is 6. The number of amidine groups is 1. The second-order valence-electron chi connectivity index (χ2n) is 8.32. The number of benzene rings is 2. The lowest BCUT2D eigenvalue weighted by Gasteiger charge is -2.34. The molecule has 0 spiro atoms. The molecule has 2 aromatic carbocycles. The molecule has 4 rings (SSSR count). The summed E-state index contributed by atoms with van der Waals surface area (Å²) in [5.74, 6) is -2.38. The first-order valence-corrected chi connectivity index (χ1v) is 11.3. The minimum absolute atomic E-state index is 0.0660. The monoisotopic (exact) mass is 497 g/mol. The molecule has 2 atom stereocenters. The molecule has 2 heterocycles. The van der Waals surface area contributed by atoms with Crippen LogP contribution in [-0.4, -0.2) is 90.3 Å². The standard InChI is InChI=1S/C24H27N5O7/c25-21(26)17-5-4-15(13-18(17)30)27-22(32)19(31)20-24(34)29(8-11-36-20)16-3-1-2-14(12-16)23(33)28-6-9-35-10-7-28/h1-5,12-13,19-20,30-31H,6-11H2,(H3,25,26)(H,27,32)/t19-,20-/m1/s1. The first-order valence-electron chi connectivity index (χ1n) is 11.3. The van der Waals surface area contributed by atoms with Gasteiger partial charge in [-0.3, -0.25) is 19.8 Å². The molecule has 2 fully saturated rings. The van der Waals surface area contributed by atoms with Crippen LogP contribution in [0.4, 0.5) is 11.4 Å². The van der Waals surface area contributed by atoms with Gasteiger partial charge in [0.05, 0.1) is 25.4 Å². The zero-order chi connectivity index (χ0) is 25.8. The van der Waals surface area contributed by atoms with Gasteiger partial charge < -0.3 is 40.5 Å². The number of nitrogens with zero attached hydrogens (tertiary/aromatic N) is 2. The lowest BCUT2D eigenvalue weighted by Crippen LogP contribution is -2.55. The van der Waals surface area contributed by atoms with Gasteiger partial charge in [-0.15, -0.1) is 0 Å². The number of nitrogens with two attached hydrogens (primary N) is 1. The summed E-state index contributed by atoms with van der Waals surface area (Å²) in [6.07, 6.45) is -3.31. The number of amides is 3. The molecule has 12 heteroatoms. The Hall–Kier alpha value is -4.00. The maximum absolute atomic E-state index is 13.2. The summed E-state index contributed by atoms with van der Waals surface area (Å²) in [6.45, 7) is 2.15. The van der Waals surface area contributed by atoms with Crippen molar-refractivity contribution in [1.82, 2.24) is 4.90 Å². The summed E-state index contributed by atoms with van der Waals surface area (Å²) in [6, 6.07) is 10.5. The molecule has 0 unspecified atom stereocenters. The summed E-state index contributed by atoms with van der Waals surface area (Å²) in [5.41, 5.74) is 6.45. The maximum atomic E-state index is 13.2. The summed E-state index contributed by atoms with van der Waals surface area (Å²) in [7, 11) is 0. The number of aliphatic hydroxyl groups is 1. The summed E-state index contributed by atoms with van der Waals surface area (Å²) < 4.78 is 10.7. The molecule has 6 N–H and O–H groups in total. The summed E-state index contributed by atoms with van der Waals surface area (Å²) >= 11 is 0. The molecule has 0 aromatic heterocycles. The lowest BCUT2D eigenvalue weighted by atomic mass is 10.1. The van der Waals surface area contributed by atoms with E-state index in [9.17, 15) is 24.6 Å². The fraction of sp³-hybridized carbons (Fsp3) is 0.333. The third kappa shape index (κ3) is 5.30. The molecule has 3 amide bonds. The number of nitrogens with one attached hydrogen (secondary N) is 2. The van der Waals surface area contributed by atoms with E-state index in [-0.39, 0.29) is 41.9 Å². The Morgan fingerprint density at radius 2 is 1.86 bits per heavy atom. The fourth-order valence-electron chi connectivity index (χ4n) is 4.04. The number of morpholine rings is 2. The largest absolute Gasteiger partial charge is 0.507 e. The topological polar surface area (TPSA) is 179 Å². The van der Waals surface area contributed by atoms with Gasteiger partial charge in [0.1, 0.15) is 11.6 Å². The number of hydrogen-bond acceptors (Lipinski definition) is 8. The molecule has 12 nitrogen and oxygen atoms in total. The Bertz CT molecular complexity index is 1180. The van der Waals surface area contributed by atoms with Crippen LogP contribution in [0.3, 0.4) is 0 Å². The van der Waals surface area contributed by atoms with Crippen molar-refractivity contribution in [2.45, 2.75) is 12.2 Å². The van der Waals surface area contributed by atoms with E-state index in [1.54, 1.807) is 29.2 Å². The van der Waals surface area contributed by atoms with Crippen LogP contribution < -0.4 is 16.0 Å². The number of nitrogen functional groups attached to an aromatic ring is 1. The van der Waals surface area contributed by atoms with E-state index in [2.05, 4.69) is 5.32 Å². The molecule has 0 saturated carbocycles. The van der Waals surface area contributed by atoms with Crippen molar-refractivity contribution < 1.29 is 34.1 Å². The van der Waals surface area contributed by atoms with Crippen molar-refractivity contribution in [3.63, 3.8) is 0 Å². The minimum atomic E-state index is -1.84. The van der Waals surface area contributed by atoms with Gasteiger partial charge in [-0.1, -0.05) is 6.07 Å². The van der Waals surface area contributed by atoms with Crippen LogP contribution in [0.2, 0.25) is 0 Å². The van der Waals surface area contributed by atoms with E-state index >= 15 is 0 Å². The van der Waals surface area contributed by atoms with Crippen molar-refractivity contribution in [1.29, 1.82) is 5.41 Å². The number of aromatic hydroxyl groups is 1. The van der Waals surface area contributed by atoms with E-state index in [0.717, 1.165) is 0 Å². The zero-order valence-corrected chi connectivity index (χ0v) is 19.3. The van der Waals surface area contributed by atoms with Crippen LogP contribution >= 0.6 is 0 Å². The van der Waals surface area contributed by atoms with E-state index in [1.165, 1.54) is 23.1 Å². The molecule has 0 aliphatic carbocycles. The van der Waals surface area contributed by atoms with Gasteiger partial charge in [0.25, 0.3) is 17.7 Å². The van der Waals surface area contributed by atoms with Gasteiger partial charge in [-0.05, 0) is 30.3 Å². The molecule has 36 heavy (non-hydrogen) atoms. The van der Waals surface area contributed by atoms with Crippen LogP contribution in [0.1, 0.15) is 15.9 Å². The Labute approximate surface area is 206 Å². The first-order chi connectivity index (χ1) is 17.3. The van der Waals surface area contributed by atoms with Gasteiger partial charge in [0, 0.05) is 42.6 Å². The SMILES string of the molecule is N=C(N)c1ccc(NC(=O)[C@H](O)[C@H]2OCCN(c3cccc(C(=O)N4CCOCC4)c3)C2=O)cc1O. The molecule has 2 aromatic rings. The molecular formula is C24H27N5O7. The number of anilines is 2. The number of aliphatic hydroxyl groups excluding tert-OH is 1. The number of carbonyl (C=O) groups is 3. The highest BCUT2D eigenvalue weighted by Crippen LogP contribution is 2.24. The third-order valence-corrected chi connectivity index (χ3v) is 5.94. The number of phenolic OH excluding ortho intramolecular Hbond substituents is 1. The smallest absolute Gasteiger partial charge is 0.259 e. The van der Waals surface area contributed by atoms with Crippen LogP contribution in [0.25, 0.3) is 0 Å². The van der Waals surface area contributed by atoms with E-state index in [1.807, 2.05) is 0 Å². The molecule has 2 saturated heterocycles. The van der Waals surface area contributed by atoms with Crippen LogP contribution in [-0.2, 0) is 19.1 Å². The van der Waals surface area contributed by atoms with Crippen molar-refractivity contribution >= 4 is 34.9 Å². The minimum Gasteiger partial charge on any atom is -0.507 e. The Morgan fingerprint density at radius 3 is 2.56 bits per heavy atom. The summed E-state index contributed by atoms with van der Waals surface area (Å²) in [5, 5.41) is 30.4. The van der Waals surface area contributed by atoms with Gasteiger partial charge in [0.15, 0.2) is 12.2 Å². The van der Waals surface area contributed by atoms with Crippen molar-refractivity contribution in [2.75, 3.05) is 49.7 Å². The highest BCUT2D eigenvalue weighted by atomic mass is 16.5. The van der Waals surface area contributed by atoms with Gasteiger partial charge in [-0.2, -0.15) is 0 Å². The fourth-order valence-corrected chi connectivity index (χ4v) is 4.04. The second-order valence-corrected chi connectivity index (χ2v) is 8.32. The maximum Gasteiger partial charge on any atom is 0.259 e. The zero-order valence-electron chi connectivity index (χ0n) is 19.3. The molecule has 0 bridgehead atoms. The number of phenols is 1. The predicted octanol–water partition coefficient (Wildman–Crippen LogP) is -0.120. The molecule has 2 aliphatic rings. The average molecular weight is 498 g/mol. The van der Waals surface area contributed by atoms with Gasteiger partial charge >= 0.3 is 0 Å². The normalized spacial score (nSPS) is 19.0. The Morgan fingerprint density at radius 1 is 1.11 bits per heavy atom. The highest BCUT2D eigenvalue weighted by molar-refractivity contribution is 6.05. The number of ether oxygens (including phenoxy) is 2. The number of carbonyl (C=O) groups excluding carboxylic acids is 3. The average Bonchev–Trinajstić information content (AvgIpc) is 2.88. The van der Waals surface area contributed by atoms with Crippen molar-refractivity contribution in [3.8, 4) is 5.75 Å². The predicted molar refractivity (Wildman–Crippen MR) is 129 cm³/mol. The second kappa shape index (κ2) is 10.7. The van der Waals surface area contributed by atoms with Crippen LogP contribution in [0, 0.1) is 5.41 Å². The van der Waals surface area contributed by atoms with Crippen molar-refractivity contribution in [3.05, 3.63) is 53.6 Å². The number of hydrogen-bond donors (Lipinski definition) is 5. The molecule has 0 radical (unpaired) electrons. The van der Waals surface area contributed by atoms with Crippen LogP contribution in [0.15, 0.2) is 42.5 Å². The van der Waals surface area contributed by atoms with Crippen LogP contribution in [0.5, 0.6) is 5.75 Å². The van der Waals surface area contributed by atoms with E-state index in [0.29, 0.717) is 37.6 Å². The quantitative estimate of drug-likeness (QED) is 0.271. The molecule has 190 valence electrons. The third-order valence-electron chi connectivity index (χ3n) is 5.94. The van der Waals surface area contributed by atoms with Crippen molar-refractivity contribution in [2.24, 2.45) is 5.73 Å². The summed E-state index contributed by atoms with van der Waals surface area (Å²) in [4.78, 5) is 41.7. The van der Waals surface area contributed by atoms with E-state index < -0.39 is 24.0 Å².